The number of nitrogens with zero attached hydrogens (tertiary/aromatic N) is 4. The van der Waals surface area contributed by atoms with Crippen LogP contribution in [0.2, 0.25) is 0 Å². The molecule has 1 aliphatic carbocycles. The Hall–Kier alpha value is -6.60. The molecule has 0 spiro atoms. The number of anilines is 3. The zero-order valence-electron chi connectivity index (χ0n) is 31.1. The first kappa shape index (κ1) is 39.6. The third-order valence-electron chi connectivity index (χ3n) is 9.34. The second-order valence-corrected chi connectivity index (χ2v) is 13.7. The predicted octanol–water partition coefficient (Wildman–Crippen LogP) is 2.04. The van der Waals surface area contributed by atoms with Crippen LogP contribution in [0.4, 0.5) is 21.7 Å². The van der Waals surface area contributed by atoms with Crippen LogP contribution in [0.25, 0.3) is 10.9 Å². The maximum atomic E-state index is 14.6. The summed E-state index contributed by atoms with van der Waals surface area (Å²) in [6.07, 6.45) is 5.30. The summed E-state index contributed by atoms with van der Waals surface area (Å²) in [5, 5.41) is 14.8. The fourth-order valence-electron chi connectivity index (χ4n) is 6.29. The maximum Gasteiger partial charge on any atom is 0.266 e. The van der Waals surface area contributed by atoms with Crippen molar-refractivity contribution in [1.82, 2.24) is 35.8 Å². The lowest BCUT2D eigenvalue weighted by atomic mass is 10.0. The van der Waals surface area contributed by atoms with Crippen molar-refractivity contribution in [3.8, 4) is 5.75 Å². The van der Waals surface area contributed by atoms with Gasteiger partial charge >= 0.3 is 0 Å². The number of rotatable bonds is 19. The second kappa shape index (κ2) is 18.1. The minimum absolute atomic E-state index is 0.00329. The van der Waals surface area contributed by atoms with Crippen molar-refractivity contribution in [3.63, 3.8) is 0 Å². The Kier molecular flexibility index (Phi) is 12.4. The summed E-state index contributed by atoms with van der Waals surface area (Å²) in [6, 6.07) is 10.7. The molecular formula is C39H40FN9O9. The van der Waals surface area contributed by atoms with E-state index in [1.807, 2.05) is 18.2 Å². The summed E-state index contributed by atoms with van der Waals surface area (Å²) < 4.78 is 31.0. The number of benzene rings is 1. The molecule has 5 N–H and O–H groups in total. The van der Waals surface area contributed by atoms with Crippen molar-refractivity contribution in [2.75, 3.05) is 56.8 Å². The van der Waals surface area contributed by atoms with E-state index in [-0.39, 0.29) is 80.8 Å². The third kappa shape index (κ3) is 9.67. The summed E-state index contributed by atoms with van der Waals surface area (Å²) in [7, 11) is 0. The lowest BCUT2D eigenvalue weighted by Crippen LogP contribution is -2.54. The second-order valence-electron chi connectivity index (χ2n) is 13.7. The monoisotopic (exact) mass is 797 g/mol. The molecule has 5 heterocycles. The smallest absolute Gasteiger partial charge is 0.266 e. The van der Waals surface area contributed by atoms with E-state index in [4.69, 9.17) is 14.2 Å². The van der Waals surface area contributed by atoms with E-state index in [0.717, 1.165) is 28.6 Å². The van der Waals surface area contributed by atoms with Crippen molar-refractivity contribution >= 4 is 63.7 Å². The van der Waals surface area contributed by atoms with Crippen LogP contribution in [-0.2, 0) is 23.9 Å². The van der Waals surface area contributed by atoms with Crippen molar-refractivity contribution in [2.45, 2.75) is 43.9 Å². The first-order valence-electron chi connectivity index (χ1n) is 18.7. The molecule has 58 heavy (non-hydrogen) atoms. The van der Waals surface area contributed by atoms with Gasteiger partial charge in [0.2, 0.25) is 11.8 Å². The van der Waals surface area contributed by atoms with Gasteiger partial charge in [0.15, 0.2) is 6.61 Å². The van der Waals surface area contributed by atoms with Gasteiger partial charge in [0.05, 0.1) is 60.9 Å². The number of carbonyl (C=O) groups excluding carboxylic acids is 6. The summed E-state index contributed by atoms with van der Waals surface area (Å²) in [5.74, 6) is -2.57. The van der Waals surface area contributed by atoms with Gasteiger partial charge in [0, 0.05) is 49.1 Å². The van der Waals surface area contributed by atoms with Gasteiger partial charge in [-0.2, -0.15) is 0 Å². The van der Waals surface area contributed by atoms with Crippen LogP contribution >= 0.6 is 0 Å². The van der Waals surface area contributed by atoms with Crippen LogP contribution in [-0.4, -0.2) is 120 Å². The van der Waals surface area contributed by atoms with Crippen molar-refractivity contribution in [3.05, 3.63) is 77.7 Å². The van der Waals surface area contributed by atoms with Gasteiger partial charge in [-0.05, 0) is 49.6 Å². The molecule has 0 bridgehead atoms. The van der Waals surface area contributed by atoms with Crippen molar-refractivity contribution in [2.24, 2.45) is 0 Å². The number of hydrogen-bond acceptors (Lipinski definition) is 14. The number of fused-ring (bicyclic) bond motifs is 2. The Morgan fingerprint density at radius 2 is 1.79 bits per heavy atom. The van der Waals surface area contributed by atoms with E-state index < -0.39 is 54.3 Å². The molecule has 1 saturated heterocycles. The average molecular weight is 798 g/mol. The molecule has 6 amide bonds. The van der Waals surface area contributed by atoms with Crippen LogP contribution in [0.3, 0.4) is 0 Å². The number of amides is 6. The summed E-state index contributed by atoms with van der Waals surface area (Å²) in [6.45, 7) is -0.582. The van der Waals surface area contributed by atoms with E-state index in [1.54, 1.807) is 18.5 Å². The first-order chi connectivity index (χ1) is 28.1. The van der Waals surface area contributed by atoms with Crippen LogP contribution in [0, 0.1) is 0 Å². The van der Waals surface area contributed by atoms with Crippen LogP contribution < -0.4 is 31.3 Å². The number of nitrogens with one attached hydrogen (secondary N) is 5. The van der Waals surface area contributed by atoms with Crippen LogP contribution in [0.5, 0.6) is 5.75 Å². The molecule has 0 radical (unpaired) electrons. The Morgan fingerprint density at radius 1 is 0.948 bits per heavy atom. The molecule has 19 heteroatoms. The number of piperidine rings is 1. The van der Waals surface area contributed by atoms with Gasteiger partial charge in [-0.15, -0.1) is 0 Å². The number of imide groups is 2. The Bertz CT molecular complexity index is 2240. The number of pyridine rings is 3. The van der Waals surface area contributed by atoms with Crippen molar-refractivity contribution in [1.29, 1.82) is 0 Å². The molecule has 3 aliphatic rings. The first-order valence-corrected chi connectivity index (χ1v) is 18.7. The minimum Gasteiger partial charge on any atom is -0.483 e. The summed E-state index contributed by atoms with van der Waals surface area (Å²) >= 11 is 0. The van der Waals surface area contributed by atoms with Crippen molar-refractivity contribution < 1.29 is 47.4 Å². The van der Waals surface area contributed by atoms with E-state index in [9.17, 15) is 33.2 Å². The molecule has 2 fully saturated rings. The fraction of sp³-hybridized carbons (Fsp3) is 0.359. The third-order valence-corrected chi connectivity index (χ3v) is 9.34. The molecule has 18 nitrogen and oxygen atoms in total. The zero-order chi connectivity index (χ0) is 40.6. The lowest BCUT2D eigenvalue weighted by Gasteiger charge is -2.27. The Morgan fingerprint density at radius 3 is 2.62 bits per heavy atom. The quantitative estimate of drug-likeness (QED) is 0.0676. The van der Waals surface area contributed by atoms with Crippen LogP contribution in [0.1, 0.15) is 56.8 Å². The highest BCUT2D eigenvalue weighted by atomic mass is 19.1. The fourth-order valence-corrected chi connectivity index (χ4v) is 6.29. The SMILES string of the molecule is O=C(COc1cccc2c1C(=O)N(C1CCC(=O)NC1=O)C2=O)NCCOCCOCC(F)CNC(=O)c1cnc(Nc2ccc3cnccc3n2)cc1NC1CC1. The molecule has 302 valence electrons. The molecule has 2 unspecified atom stereocenters. The van der Waals surface area contributed by atoms with Gasteiger partial charge in [-0.3, -0.25) is 44.0 Å². The van der Waals surface area contributed by atoms with Gasteiger partial charge in [-0.25, -0.2) is 14.4 Å². The lowest BCUT2D eigenvalue weighted by molar-refractivity contribution is -0.136. The van der Waals surface area contributed by atoms with Gasteiger partial charge in [-0.1, -0.05) is 6.07 Å². The minimum atomic E-state index is -1.48. The highest BCUT2D eigenvalue weighted by Crippen LogP contribution is 2.34. The Labute approximate surface area is 330 Å². The highest BCUT2D eigenvalue weighted by Gasteiger charge is 2.46. The summed E-state index contributed by atoms with van der Waals surface area (Å²) in [5.41, 5.74) is 1.60. The van der Waals surface area contributed by atoms with E-state index >= 15 is 0 Å². The van der Waals surface area contributed by atoms with E-state index in [0.29, 0.717) is 17.3 Å². The molecule has 2 atom stereocenters. The van der Waals surface area contributed by atoms with Gasteiger partial charge in [0.25, 0.3) is 23.6 Å². The number of alkyl halides is 1. The summed E-state index contributed by atoms with van der Waals surface area (Å²) in [4.78, 5) is 89.3. The number of hydrogen-bond donors (Lipinski definition) is 5. The normalized spacial score (nSPS) is 16.8. The van der Waals surface area contributed by atoms with Gasteiger partial charge < -0.3 is 35.5 Å². The zero-order valence-corrected chi connectivity index (χ0v) is 31.1. The van der Waals surface area contributed by atoms with E-state index in [2.05, 4.69) is 41.5 Å². The largest absolute Gasteiger partial charge is 0.483 e. The van der Waals surface area contributed by atoms with Gasteiger partial charge in [0.1, 0.15) is 29.6 Å². The topological polar surface area (TPSA) is 232 Å². The van der Waals surface area contributed by atoms with Crippen LogP contribution in [0.15, 0.2) is 61.1 Å². The molecule has 4 aromatic rings. The number of ether oxygens (including phenoxy) is 3. The number of aromatic nitrogens is 3. The molecule has 3 aromatic heterocycles. The molecule has 7 rings (SSSR count). The average Bonchev–Trinajstić information content (AvgIpc) is 4.00. The highest BCUT2D eigenvalue weighted by molar-refractivity contribution is 6.24. The Balaban J connectivity index is 0.774. The molecule has 1 saturated carbocycles. The van der Waals surface area contributed by atoms with E-state index in [1.165, 1.54) is 24.4 Å². The molecular weight excluding hydrogens is 757 g/mol. The molecule has 1 aromatic carbocycles. The number of carbonyl (C=O) groups is 6. The maximum absolute atomic E-state index is 14.6. The predicted molar refractivity (Wildman–Crippen MR) is 204 cm³/mol. The molecule has 2 aliphatic heterocycles. The number of halogens is 1. The standard InChI is InChI=1S/C39H40FN9O9/c40-23(18-44-36(52)26-19-43-32(16-28(26)45-24-5-6-24)47-31-8-4-22-17-41-11-10-27(22)46-31)20-57-15-14-56-13-12-42-34(51)21-58-30-3-1-2-25-35(30)39(55)49(38(25)54)29-7-9-33(50)48-37(29)53/h1-4,8,10-11,16-17,19,23-24,29H,5-7,9,12-15,18,20-21H2,(H,42,51)(H,44,52)(H,48,50,53)(H2,43,45,46,47).